The Morgan fingerprint density at radius 1 is 1.05 bits per heavy atom. The van der Waals surface area contributed by atoms with Crippen LogP contribution in [0, 0.1) is 0 Å². The summed E-state index contributed by atoms with van der Waals surface area (Å²) in [5.41, 5.74) is 0.181. The van der Waals surface area contributed by atoms with E-state index in [1.165, 1.54) is 43.5 Å². The molecule has 1 aromatic rings. The molecule has 0 saturated heterocycles. The Morgan fingerprint density at radius 3 is 2.19 bits per heavy atom. The monoisotopic (exact) mass is 302 g/mol. The maximum atomic E-state index is 11.6. The minimum atomic E-state index is -0.991. The van der Waals surface area contributed by atoms with Gasteiger partial charge in [-0.05, 0) is 30.7 Å². The molecule has 112 valence electrons. The Balaban J connectivity index is 0. The quantitative estimate of drug-likeness (QED) is 0.322. The van der Waals surface area contributed by atoms with Crippen LogP contribution in [0.4, 0.5) is 0 Å². The van der Waals surface area contributed by atoms with Gasteiger partial charge in [0.2, 0.25) is 0 Å². The molecule has 21 heavy (non-hydrogen) atoms. The number of benzene rings is 1. The van der Waals surface area contributed by atoms with E-state index in [9.17, 15) is 9.59 Å². The van der Waals surface area contributed by atoms with Gasteiger partial charge in [0.05, 0.1) is 5.56 Å². The topological polar surface area (TPSA) is 63.6 Å². The summed E-state index contributed by atoms with van der Waals surface area (Å²) in [6.45, 7) is 2.17. The van der Waals surface area contributed by atoms with E-state index in [1.54, 1.807) is 0 Å². The molecule has 0 radical (unpaired) electrons. The second-order valence-electron chi connectivity index (χ2n) is 4.82. The van der Waals surface area contributed by atoms with Gasteiger partial charge >= 0.3 is 41.5 Å². The molecule has 0 bridgehead atoms. The molecule has 0 fully saturated rings. The van der Waals surface area contributed by atoms with Gasteiger partial charge in [-0.25, -0.2) is 4.79 Å². The first kappa shape index (κ1) is 20.2. The van der Waals surface area contributed by atoms with Crippen LogP contribution in [0.1, 0.15) is 63.7 Å². The molecule has 0 atom stereocenters. The van der Waals surface area contributed by atoms with Gasteiger partial charge in [0.15, 0.2) is 0 Å². The molecule has 0 unspecified atom stereocenters. The molecule has 1 aromatic carbocycles. The third kappa shape index (κ3) is 8.91. The van der Waals surface area contributed by atoms with Crippen LogP contribution in [0.2, 0.25) is 0 Å². The van der Waals surface area contributed by atoms with E-state index in [-0.39, 0.29) is 42.5 Å². The first-order chi connectivity index (χ1) is 9.63. The molecule has 0 aliphatic heterocycles. The van der Waals surface area contributed by atoms with Crippen molar-refractivity contribution in [3.63, 3.8) is 0 Å². The van der Waals surface area contributed by atoms with Gasteiger partial charge in [0.25, 0.3) is 0 Å². The summed E-state index contributed by atoms with van der Waals surface area (Å²) in [4.78, 5) is 22.3. The minimum Gasteiger partial charge on any atom is -1.00 e. The molecule has 0 amide bonds. The third-order valence-electron chi connectivity index (χ3n) is 3.07. The van der Waals surface area contributed by atoms with Crippen molar-refractivity contribution in [3.8, 4) is 5.75 Å². The number of unbranched alkanes of at least 4 members (excludes halogenated alkanes) is 5. The fraction of sp³-hybridized carbons (Fsp3) is 0.500. The average Bonchev–Trinajstić information content (AvgIpc) is 2.43. The number of carbonyl (C=O) groups is 2. The van der Waals surface area contributed by atoms with Gasteiger partial charge in [-0.1, -0.05) is 39.0 Å². The molecular formula is C16H23NaO4. The second-order valence-corrected chi connectivity index (χ2v) is 4.82. The predicted molar refractivity (Wildman–Crippen MR) is 78.1 cm³/mol. The van der Waals surface area contributed by atoms with Crippen LogP contribution in [0.25, 0.3) is 0 Å². The van der Waals surface area contributed by atoms with E-state index in [1.807, 2.05) is 0 Å². The van der Waals surface area contributed by atoms with Crippen molar-refractivity contribution >= 4 is 11.9 Å². The van der Waals surface area contributed by atoms with Gasteiger partial charge in [-0.15, -0.1) is 0 Å². The van der Waals surface area contributed by atoms with Crippen LogP contribution in [0.5, 0.6) is 5.75 Å². The van der Waals surface area contributed by atoms with Crippen molar-refractivity contribution in [1.82, 2.24) is 0 Å². The van der Waals surface area contributed by atoms with Gasteiger partial charge in [-0.3, -0.25) is 4.79 Å². The Bertz CT molecular complexity index is 434. The third-order valence-corrected chi connectivity index (χ3v) is 3.07. The average molecular weight is 302 g/mol. The van der Waals surface area contributed by atoms with Crippen LogP contribution in [0.15, 0.2) is 24.3 Å². The fourth-order valence-electron chi connectivity index (χ4n) is 1.90. The molecule has 1 rings (SSSR count). The molecule has 1 N–H and O–H groups in total. The maximum absolute atomic E-state index is 11.6. The van der Waals surface area contributed by atoms with Crippen LogP contribution in [-0.4, -0.2) is 17.0 Å². The van der Waals surface area contributed by atoms with Crippen LogP contribution in [-0.2, 0) is 4.79 Å². The summed E-state index contributed by atoms with van der Waals surface area (Å²) in [6, 6.07) is 5.86. The van der Waals surface area contributed by atoms with E-state index in [0.717, 1.165) is 19.3 Å². The fourth-order valence-corrected chi connectivity index (χ4v) is 1.90. The van der Waals surface area contributed by atoms with E-state index in [0.29, 0.717) is 12.2 Å². The van der Waals surface area contributed by atoms with E-state index < -0.39 is 5.97 Å². The van der Waals surface area contributed by atoms with E-state index in [2.05, 4.69) is 6.92 Å². The summed E-state index contributed by atoms with van der Waals surface area (Å²) < 4.78 is 5.14. The first-order valence-corrected chi connectivity index (χ1v) is 7.17. The van der Waals surface area contributed by atoms with Crippen LogP contribution < -0.4 is 34.3 Å². The molecule has 0 heterocycles. The zero-order chi connectivity index (χ0) is 14.8. The zero-order valence-corrected chi connectivity index (χ0v) is 14.9. The van der Waals surface area contributed by atoms with Crippen molar-refractivity contribution < 1.29 is 50.4 Å². The number of carboxylic acid groups (broad SMARTS) is 1. The number of carboxylic acids is 1. The van der Waals surface area contributed by atoms with E-state index >= 15 is 0 Å². The summed E-state index contributed by atoms with van der Waals surface area (Å²) in [7, 11) is 0. The number of carbonyl (C=O) groups excluding carboxylic acids is 1. The standard InChI is InChI=1S/C16H22O4.Na.H/c1-2-3-4-5-6-7-8-15(17)20-14-11-9-13(10-12-14)16(18)19;;/h9-12H,2-8H2,1H3,(H,18,19);;/q;+1;-1. The summed E-state index contributed by atoms with van der Waals surface area (Å²) in [5.74, 6) is -0.857. The Morgan fingerprint density at radius 2 is 1.62 bits per heavy atom. The predicted octanol–water partition coefficient (Wildman–Crippen LogP) is 1.16. The van der Waals surface area contributed by atoms with Crippen molar-refractivity contribution in [2.24, 2.45) is 0 Å². The number of hydrogen-bond acceptors (Lipinski definition) is 3. The molecule has 0 saturated carbocycles. The maximum Gasteiger partial charge on any atom is 1.00 e. The smallest absolute Gasteiger partial charge is 1.00 e. The normalized spacial score (nSPS) is 9.76. The van der Waals surface area contributed by atoms with Crippen molar-refractivity contribution in [1.29, 1.82) is 0 Å². The number of aromatic carboxylic acids is 1. The minimum absolute atomic E-state index is 0. The van der Waals surface area contributed by atoms with Crippen molar-refractivity contribution in [2.45, 2.75) is 51.9 Å². The van der Waals surface area contributed by atoms with Gasteiger partial charge in [-0.2, -0.15) is 0 Å². The molecule has 0 aliphatic rings. The zero-order valence-electron chi connectivity index (χ0n) is 13.9. The van der Waals surface area contributed by atoms with Crippen molar-refractivity contribution in [3.05, 3.63) is 29.8 Å². The molecule has 4 nitrogen and oxygen atoms in total. The summed E-state index contributed by atoms with van der Waals surface area (Å²) in [6.07, 6.45) is 7.15. The first-order valence-electron chi connectivity index (χ1n) is 7.17. The van der Waals surface area contributed by atoms with Crippen molar-refractivity contribution in [2.75, 3.05) is 0 Å². The summed E-state index contributed by atoms with van der Waals surface area (Å²) >= 11 is 0. The number of esters is 1. The van der Waals surface area contributed by atoms with Crippen LogP contribution >= 0.6 is 0 Å². The molecule has 0 aromatic heterocycles. The van der Waals surface area contributed by atoms with Gasteiger partial charge in [0, 0.05) is 6.42 Å². The van der Waals surface area contributed by atoms with Gasteiger partial charge in [0.1, 0.15) is 5.75 Å². The largest absolute Gasteiger partial charge is 1.00 e. The Kier molecular flexibility index (Phi) is 11.3. The van der Waals surface area contributed by atoms with Gasteiger partial charge < -0.3 is 11.3 Å². The molecule has 0 aliphatic carbocycles. The molecule has 0 spiro atoms. The van der Waals surface area contributed by atoms with E-state index in [4.69, 9.17) is 9.84 Å². The number of ether oxygens (including phenoxy) is 1. The van der Waals surface area contributed by atoms with Crippen LogP contribution in [0.3, 0.4) is 0 Å². The Hall–Kier alpha value is -0.840. The Labute approximate surface area is 149 Å². The molecule has 5 heteroatoms. The molecular weight excluding hydrogens is 279 g/mol. The summed E-state index contributed by atoms with van der Waals surface area (Å²) in [5, 5.41) is 8.75. The second kappa shape index (κ2) is 11.8. The number of hydrogen-bond donors (Lipinski definition) is 1. The number of rotatable bonds is 9. The SMILES string of the molecule is CCCCCCCCC(=O)Oc1ccc(C(=O)O)cc1.[H-].[Na+].